The number of aromatic nitrogens is 3. The fourth-order valence-electron chi connectivity index (χ4n) is 6.03. The summed E-state index contributed by atoms with van der Waals surface area (Å²) in [6, 6.07) is 8.17. The Morgan fingerprint density at radius 1 is 1.06 bits per heavy atom. The highest BCUT2D eigenvalue weighted by Gasteiger charge is 2.46. The summed E-state index contributed by atoms with van der Waals surface area (Å²) in [6.45, 7) is 3.90. The molecule has 1 fully saturated rings. The molecule has 1 saturated heterocycles. The number of methoxy groups -OCH3 is 1. The van der Waals surface area contributed by atoms with Crippen LogP contribution in [0.3, 0.4) is 0 Å². The number of rotatable bonds is 12. The molecule has 16 nitrogen and oxygen atoms in total. The summed E-state index contributed by atoms with van der Waals surface area (Å²) in [6.07, 6.45) is -4.06. The number of fused-ring (bicyclic) bond motifs is 1. The van der Waals surface area contributed by atoms with Gasteiger partial charge in [-0.15, -0.1) is 0 Å². The minimum absolute atomic E-state index is 0.0191. The van der Waals surface area contributed by atoms with Crippen molar-refractivity contribution in [3.63, 3.8) is 0 Å². The number of hydrogen-bond donors (Lipinski definition) is 4. The quantitative estimate of drug-likeness (QED) is 0.189. The molecule has 54 heavy (non-hydrogen) atoms. The smallest absolute Gasteiger partial charge is 0.416 e. The van der Waals surface area contributed by atoms with Crippen molar-refractivity contribution in [3.05, 3.63) is 70.4 Å². The topological polar surface area (TPSA) is 235 Å². The van der Waals surface area contributed by atoms with Crippen LogP contribution in [-0.4, -0.2) is 101 Å². The minimum Gasteiger partial charge on any atom is -0.481 e. The van der Waals surface area contributed by atoms with Crippen LogP contribution in [0.5, 0.6) is 5.88 Å². The number of nitrogens with zero attached hydrogens (tertiary/aromatic N) is 6. The Morgan fingerprint density at radius 3 is 2.28 bits per heavy atom. The number of carboxylic acids is 2. The van der Waals surface area contributed by atoms with Gasteiger partial charge in [0.1, 0.15) is 11.5 Å². The molecule has 2 atom stereocenters. The fourth-order valence-corrected chi connectivity index (χ4v) is 6.03. The molecule has 0 unspecified atom stereocenters. The van der Waals surface area contributed by atoms with Crippen LogP contribution in [0.25, 0.3) is 0 Å². The molecule has 2 aliphatic rings. The summed E-state index contributed by atoms with van der Waals surface area (Å²) in [5.41, 5.74) is 6.28. The van der Waals surface area contributed by atoms with E-state index < -0.39 is 41.4 Å². The van der Waals surface area contributed by atoms with Gasteiger partial charge in [-0.1, -0.05) is 6.92 Å². The molecule has 5 rings (SSSR count). The molecule has 290 valence electrons. The average molecular weight is 760 g/mol. The molecule has 2 aliphatic heterocycles. The molecular formula is C35H40F3N7O9. The molecule has 5 N–H and O–H groups in total. The van der Waals surface area contributed by atoms with E-state index in [1.165, 1.54) is 13.2 Å². The monoisotopic (exact) mass is 759 g/mol. The predicted octanol–water partition coefficient (Wildman–Crippen LogP) is 4.24. The van der Waals surface area contributed by atoms with Gasteiger partial charge in [0, 0.05) is 25.6 Å². The van der Waals surface area contributed by atoms with Crippen LogP contribution in [0.1, 0.15) is 72.4 Å². The van der Waals surface area contributed by atoms with Crippen LogP contribution < -0.4 is 20.3 Å². The van der Waals surface area contributed by atoms with Gasteiger partial charge in [0.05, 0.1) is 98.5 Å². The number of morpholine rings is 1. The number of nitrogens with two attached hydrogens (primary N) is 1. The van der Waals surface area contributed by atoms with Crippen molar-refractivity contribution in [1.82, 2.24) is 15.0 Å². The second-order valence-electron chi connectivity index (χ2n) is 12.4. The average Bonchev–Trinajstić information content (AvgIpc) is 3.13. The Bertz CT molecular complexity index is 1850. The molecule has 1 amide bonds. The van der Waals surface area contributed by atoms with Crippen LogP contribution in [0.2, 0.25) is 0 Å². The van der Waals surface area contributed by atoms with E-state index in [-0.39, 0.29) is 73.8 Å². The van der Waals surface area contributed by atoms with E-state index in [9.17, 15) is 37.9 Å². The number of alkyl halides is 3. The normalized spacial score (nSPS) is 18.1. The van der Waals surface area contributed by atoms with Crippen molar-refractivity contribution in [3.8, 4) is 11.9 Å². The van der Waals surface area contributed by atoms with Crippen molar-refractivity contribution in [2.24, 2.45) is 5.73 Å². The van der Waals surface area contributed by atoms with Gasteiger partial charge in [-0.3, -0.25) is 14.5 Å². The standard InChI is InChI=1S/C29H30F3N7O4.C6H10O5/c1-3-28(34)14-20(25-22(39(28)27(40)41)4-5-24(37-25)42-2)26-35-16-23(38-6-8-43-9-7-38)21(36-26)13-17-10-18(15-33)12-19(11-17)29(30,31)32;7-5(8)1-3-11-4-2-6(9)10/h4-5,10-12,16,20H,3,6-9,13-14,34H2,1-2H3,(H,40,41);1-4H2,(H,7,8)(H,9,10)/t20-,28+;/m0./s1. The maximum atomic E-state index is 13.7. The number of benzene rings is 1. The molecule has 0 bridgehead atoms. The summed E-state index contributed by atoms with van der Waals surface area (Å²) in [4.78, 5) is 49.4. The third-order valence-electron chi connectivity index (χ3n) is 8.73. The highest BCUT2D eigenvalue weighted by molar-refractivity contribution is 5.89. The van der Waals surface area contributed by atoms with E-state index in [1.807, 2.05) is 11.0 Å². The number of carbonyl (C=O) groups is 3. The molecule has 0 saturated carbocycles. The summed E-state index contributed by atoms with van der Waals surface area (Å²) in [5.74, 6) is -2.00. The lowest BCUT2D eigenvalue weighted by Gasteiger charge is -2.45. The lowest BCUT2D eigenvalue weighted by Crippen LogP contribution is -2.61. The van der Waals surface area contributed by atoms with Crippen molar-refractivity contribution >= 4 is 29.4 Å². The van der Waals surface area contributed by atoms with Crippen molar-refractivity contribution in [1.29, 1.82) is 5.26 Å². The lowest BCUT2D eigenvalue weighted by atomic mass is 9.83. The number of nitriles is 1. The first-order valence-electron chi connectivity index (χ1n) is 16.8. The molecule has 3 aromatic rings. The van der Waals surface area contributed by atoms with Crippen molar-refractivity contribution < 1.29 is 57.1 Å². The largest absolute Gasteiger partial charge is 0.481 e. The zero-order valence-electron chi connectivity index (χ0n) is 29.5. The number of amides is 1. The summed E-state index contributed by atoms with van der Waals surface area (Å²) in [7, 11) is 1.44. The van der Waals surface area contributed by atoms with Crippen LogP contribution in [-0.2, 0) is 31.7 Å². The van der Waals surface area contributed by atoms with Gasteiger partial charge in [0.25, 0.3) is 0 Å². The third-order valence-corrected chi connectivity index (χ3v) is 8.73. The number of halogens is 3. The van der Waals surface area contributed by atoms with E-state index in [1.54, 1.807) is 25.3 Å². The molecule has 1 aromatic carbocycles. The number of aliphatic carboxylic acids is 2. The first-order chi connectivity index (χ1) is 25.6. The zero-order chi connectivity index (χ0) is 39.6. The number of ether oxygens (including phenoxy) is 3. The number of hydrogen-bond acceptors (Lipinski definition) is 12. The zero-order valence-corrected chi connectivity index (χ0v) is 29.5. The molecule has 2 aromatic heterocycles. The maximum Gasteiger partial charge on any atom is 0.416 e. The summed E-state index contributed by atoms with van der Waals surface area (Å²) in [5, 5.41) is 35.8. The molecule has 0 aliphatic carbocycles. The van der Waals surface area contributed by atoms with E-state index in [2.05, 4.69) is 9.97 Å². The van der Waals surface area contributed by atoms with Crippen LogP contribution in [0.4, 0.5) is 29.3 Å². The maximum absolute atomic E-state index is 13.7. The third kappa shape index (κ3) is 10.3. The predicted molar refractivity (Wildman–Crippen MR) is 184 cm³/mol. The SMILES string of the molecule is CC[C@]1(N)C[C@H](c2ncc(N3CCOCC3)c(Cc3cc(C#N)cc(C(F)(F)F)c3)n2)c2nc(OC)ccc2N1C(=O)O.O=C(O)CCOCCC(=O)O. The van der Waals surface area contributed by atoms with Gasteiger partial charge in [0.2, 0.25) is 5.88 Å². The van der Waals surface area contributed by atoms with E-state index >= 15 is 0 Å². The number of anilines is 2. The Hall–Kier alpha value is -5.58. The Balaban J connectivity index is 0.000000514. The fraction of sp³-hybridized carbons (Fsp3) is 0.457. The van der Waals surface area contributed by atoms with Gasteiger partial charge in [-0.05, 0) is 42.7 Å². The molecule has 0 spiro atoms. The van der Waals surface area contributed by atoms with Gasteiger partial charge >= 0.3 is 24.2 Å². The lowest BCUT2D eigenvalue weighted by molar-refractivity contribution is -0.139. The second kappa shape index (κ2) is 18.0. The van der Waals surface area contributed by atoms with Crippen molar-refractivity contribution in [2.75, 3.05) is 56.4 Å². The molecule has 19 heteroatoms. The Labute approximate surface area is 307 Å². The highest BCUT2D eigenvalue weighted by Crippen LogP contribution is 2.45. The van der Waals surface area contributed by atoms with Gasteiger partial charge < -0.3 is 40.2 Å². The van der Waals surface area contributed by atoms with Gasteiger partial charge in [-0.2, -0.15) is 18.4 Å². The first kappa shape index (κ1) is 41.2. The number of carboxylic acid groups (broad SMARTS) is 3. The van der Waals surface area contributed by atoms with Crippen LogP contribution in [0.15, 0.2) is 36.5 Å². The van der Waals surface area contributed by atoms with Gasteiger partial charge in [-0.25, -0.2) is 19.7 Å². The molecular weight excluding hydrogens is 719 g/mol. The van der Waals surface area contributed by atoms with Crippen molar-refractivity contribution in [2.45, 2.75) is 56.8 Å². The molecule has 4 heterocycles. The Kier molecular flexibility index (Phi) is 13.7. The molecule has 0 radical (unpaired) electrons. The highest BCUT2D eigenvalue weighted by atomic mass is 19.4. The van der Waals surface area contributed by atoms with Crippen LogP contribution in [0, 0.1) is 11.3 Å². The number of pyridine rings is 1. The van der Waals surface area contributed by atoms with Gasteiger partial charge in [0.15, 0.2) is 0 Å². The summed E-state index contributed by atoms with van der Waals surface area (Å²) < 4.78 is 56.5. The summed E-state index contributed by atoms with van der Waals surface area (Å²) >= 11 is 0. The van der Waals surface area contributed by atoms with E-state index in [0.29, 0.717) is 43.4 Å². The van der Waals surface area contributed by atoms with Crippen LogP contribution >= 0.6 is 0 Å². The van der Waals surface area contributed by atoms with E-state index in [4.69, 9.17) is 35.1 Å². The Morgan fingerprint density at radius 2 is 1.72 bits per heavy atom. The minimum atomic E-state index is -4.64. The first-order valence-corrected chi connectivity index (χ1v) is 16.8. The second-order valence-corrected chi connectivity index (χ2v) is 12.4. The van der Waals surface area contributed by atoms with E-state index in [0.717, 1.165) is 17.0 Å².